The molecule has 1 atom stereocenters. The molecule has 1 aliphatic rings. The fraction of sp³-hybridized carbons (Fsp3) is 0.588. The van der Waals surface area contributed by atoms with Crippen LogP contribution in [0, 0.1) is 5.92 Å². The molecule has 1 unspecified atom stereocenters. The second-order valence-corrected chi connectivity index (χ2v) is 5.71. The van der Waals surface area contributed by atoms with Crippen LogP contribution < -0.4 is 5.32 Å². The van der Waals surface area contributed by atoms with Crippen molar-refractivity contribution in [3.8, 4) is 0 Å². The van der Waals surface area contributed by atoms with Crippen LogP contribution in [0.15, 0.2) is 30.3 Å². The molecule has 2 rings (SSSR count). The number of hydrogen-bond acceptors (Lipinski definition) is 2. The van der Waals surface area contributed by atoms with Gasteiger partial charge in [-0.25, -0.2) is 0 Å². The molecule has 0 radical (unpaired) electrons. The number of nitrogens with one attached hydrogen (secondary N) is 1. The lowest BCUT2D eigenvalue weighted by Crippen LogP contribution is -2.42. The Morgan fingerprint density at radius 3 is 2.80 bits per heavy atom. The number of rotatable bonds is 6. The van der Waals surface area contributed by atoms with Gasteiger partial charge in [-0.15, -0.1) is 0 Å². The number of piperidine rings is 1. The molecule has 1 N–H and O–H groups in total. The number of amides is 1. The third-order valence-corrected chi connectivity index (χ3v) is 3.92. The van der Waals surface area contributed by atoms with Gasteiger partial charge in [0.1, 0.15) is 0 Å². The van der Waals surface area contributed by atoms with E-state index >= 15 is 0 Å². The third-order valence-electron chi connectivity index (χ3n) is 3.92. The summed E-state index contributed by atoms with van der Waals surface area (Å²) in [6.07, 6.45) is 4.03. The van der Waals surface area contributed by atoms with Gasteiger partial charge in [0.2, 0.25) is 5.91 Å². The summed E-state index contributed by atoms with van der Waals surface area (Å²) in [7, 11) is 0. The van der Waals surface area contributed by atoms with E-state index in [4.69, 9.17) is 0 Å². The molecule has 0 aliphatic carbocycles. The highest BCUT2D eigenvalue weighted by molar-refractivity contribution is 5.78. The molecule has 1 aromatic carbocycles. The summed E-state index contributed by atoms with van der Waals surface area (Å²) in [5.74, 6) is 0.888. The summed E-state index contributed by atoms with van der Waals surface area (Å²) in [6, 6.07) is 10.1. The quantitative estimate of drug-likeness (QED) is 0.864. The monoisotopic (exact) mass is 274 g/mol. The Bertz CT molecular complexity index is 399. The summed E-state index contributed by atoms with van der Waals surface area (Å²) in [6.45, 7) is 6.11. The van der Waals surface area contributed by atoms with E-state index in [9.17, 15) is 4.79 Å². The van der Waals surface area contributed by atoms with Crippen molar-refractivity contribution in [1.82, 2.24) is 10.2 Å². The van der Waals surface area contributed by atoms with Crippen molar-refractivity contribution >= 4 is 5.91 Å². The SMILES string of the molecule is CCCN(CC1CCCNC1)C(=O)Cc1ccccc1. The van der Waals surface area contributed by atoms with E-state index in [2.05, 4.69) is 17.1 Å². The van der Waals surface area contributed by atoms with E-state index in [0.717, 1.165) is 38.2 Å². The van der Waals surface area contributed by atoms with Gasteiger partial charge in [-0.3, -0.25) is 4.79 Å². The van der Waals surface area contributed by atoms with E-state index in [1.165, 1.54) is 12.8 Å². The molecule has 1 aromatic rings. The summed E-state index contributed by atoms with van der Waals surface area (Å²) in [5, 5.41) is 3.43. The maximum absolute atomic E-state index is 12.5. The van der Waals surface area contributed by atoms with Gasteiger partial charge in [-0.1, -0.05) is 37.3 Å². The molecule has 1 saturated heterocycles. The summed E-state index contributed by atoms with van der Waals surface area (Å²) >= 11 is 0. The van der Waals surface area contributed by atoms with Crippen LogP contribution in [0.1, 0.15) is 31.7 Å². The molecule has 0 aromatic heterocycles. The molecule has 0 bridgehead atoms. The minimum Gasteiger partial charge on any atom is -0.342 e. The van der Waals surface area contributed by atoms with Crippen molar-refractivity contribution < 1.29 is 4.79 Å². The zero-order chi connectivity index (χ0) is 14.2. The topological polar surface area (TPSA) is 32.3 Å². The van der Waals surface area contributed by atoms with Gasteiger partial charge in [-0.05, 0) is 43.8 Å². The number of carbonyl (C=O) groups excluding carboxylic acids is 1. The molecule has 3 nitrogen and oxygen atoms in total. The molecule has 1 aliphatic heterocycles. The van der Waals surface area contributed by atoms with Crippen molar-refractivity contribution in [2.75, 3.05) is 26.2 Å². The van der Waals surface area contributed by atoms with E-state index in [1.807, 2.05) is 30.3 Å². The Balaban J connectivity index is 1.90. The lowest BCUT2D eigenvalue weighted by molar-refractivity contribution is -0.131. The van der Waals surface area contributed by atoms with Crippen molar-refractivity contribution in [3.05, 3.63) is 35.9 Å². The fourth-order valence-electron chi connectivity index (χ4n) is 2.86. The van der Waals surface area contributed by atoms with Gasteiger partial charge in [-0.2, -0.15) is 0 Å². The normalized spacial score (nSPS) is 18.8. The van der Waals surface area contributed by atoms with Gasteiger partial charge in [0.15, 0.2) is 0 Å². The molecule has 0 spiro atoms. The van der Waals surface area contributed by atoms with Crippen LogP contribution in [0.2, 0.25) is 0 Å². The first kappa shape index (κ1) is 15.0. The second-order valence-electron chi connectivity index (χ2n) is 5.71. The Hall–Kier alpha value is -1.35. The molecule has 1 amide bonds. The van der Waals surface area contributed by atoms with Crippen LogP contribution in [-0.2, 0) is 11.2 Å². The second kappa shape index (κ2) is 8.05. The predicted molar refractivity (Wildman–Crippen MR) is 82.6 cm³/mol. The maximum Gasteiger partial charge on any atom is 0.226 e. The fourth-order valence-corrected chi connectivity index (χ4v) is 2.86. The zero-order valence-corrected chi connectivity index (χ0v) is 12.5. The van der Waals surface area contributed by atoms with Gasteiger partial charge in [0.05, 0.1) is 6.42 Å². The summed E-state index contributed by atoms with van der Waals surface area (Å²) < 4.78 is 0. The average molecular weight is 274 g/mol. The molecule has 3 heteroatoms. The van der Waals surface area contributed by atoms with Gasteiger partial charge < -0.3 is 10.2 Å². The van der Waals surface area contributed by atoms with E-state index in [0.29, 0.717) is 12.3 Å². The molecule has 110 valence electrons. The smallest absolute Gasteiger partial charge is 0.226 e. The van der Waals surface area contributed by atoms with Crippen molar-refractivity contribution in [2.45, 2.75) is 32.6 Å². The highest BCUT2D eigenvalue weighted by Crippen LogP contribution is 2.13. The number of benzene rings is 1. The minimum atomic E-state index is 0.267. The maximum atomic E-state index is 12.5. The number of hydrogen-bond donors (Lipinski definition) is 1. The predicted octanol–water partition coefficient (Wildman–Crippen LogP) is 2.47. The van der Waals surface area contributed by atoms with Crippen LogP contribution >= 0.6 is 0 Å². The lowest BCUT2D eigenvalue weighted by Gasteiger charge is -2.30. The highest BCUT2D eigenvalue weighted by Gasteiger charge is 2.20. The Kier molecular flexibility index (Phi) is 6.06. The van der Waals surface area contributed by atoms with Crippen LogP contribution in [0.25, 0.3) is 0 Å². The van der Waals surface area contributed by atoms with E-state index in [1.54, 1.807) is 0 Å². The van der Waals surface area contributed by atoms with Gasteiger partial charge >= 0.3 is 0 Å². The first-order valence-electron chi connectivity index (χ1n) is 7.82. The Labute approximate surface area is 122 Å². The van der Waals surface area contributed by atoms with Crippen LogP contribution in [0.3, 0.4) is 0 Å². The first-order valence-corrected chi connectivity index (χ1v) is 7.82. The molecule has 20 heavy (non-hydrogen) atoms. The zero-order valence-electron chi connectivity index (χ0n) is 12.5. The minimum absolute atomic E-state index is 0.267. The summed E-state index contributed by atoms with van der Waals surface area (Å²) in [4.78, 5) is 14.5. The number of carbonyl (C=O) groups is 1. The largest absolute Gasteiger partial charge is 0.342 e. The molecular weight excluding hydrogens is 248 g/mol. The third kappa shape index (κ3) is 4.64. The van der Waals surface area contributed by atoms with Gasteiger partial charge in [0.25, 0.3) is 0 Å². The molecule has 1 heterocycles. The van der Waals surface area contributed by atoms with Crippen LogP contribution in [0.5, 0.6) is 0 Å². The lowest BCUT2D eigenvalue weighted by atomic mass is 9.98. The van der Waals surface area contributed by atoms with Crippen molar-refractivity contribution in [1.29, 1.82) is 0 Å². The van der Waals surface area contributed by atoms with Gasteiger partial charge in [0, 0.05) is 13.1 Å². The molecular formula is C17H26N2O. The Morgan fingerprint density at radius 2 is 2.15 bits per heavy atom. The highest BCUT2D eigenvalue weighted by atomic mass is 16.2. The average Bonchev–Trinajstić information content (AvgIpc) is 2.49. The van der Waals surface area contributed by atoms with Crippen molar-refractivity contribution in [3.63, 3.8) is 0 Å². The standard InChI is InChI=1S/C17H26N2O/c1-2-11-19(14-16-9-6-10-18-13-16)17(20)12-15-7-4-3-5-8-15/h3-5,7-8,16,18H,2,6,9-14H2,1H3. The first-order chi connectivity index (χ1) is 9.79. The molecule has 1 fully saturated rings. The van der Waals surface area contributed by atoms with Crippen molar-refractivity contribution in [2.24, 2.45) is 5.92 Å². The Morgan fingerprint density at radius 1 is 1.35 bits per heavy atom. The van der Waals surface area contributed by atoms with Crippen LogP contribution in [-0.4, -0.2) is 37.0 Å². The van der Waals surface area contributed by atoms with Crippen LogP contribution in [0.4, 0.5) is 0 Å². The van der Waals surface area contributed by atoms with E-state index < -0.39 is 0 Å². The number of nitrogens with zero attached hydrogens (tertiary/aromatic N) is 1. The van der Waals surface area contributed by atoms with E-state index in [-0.39, 0.29) is 5.91 Å². The summed E-state index contributed by atoms with van der Waals surface area (Å²) in [5.41, 5.74) is 1.11. The molecule has 0 saturated carbocycles.